The first-order valence-electron chi connectivity index (χ1n) is 6.32. The van der Waals surface area contributed by atoms with Gasteiger partial charge in [-0.3, -0.25) is 0 Å². The van der Waals surface area contributed by atoms with E-state index in [9.17, 15) is 5.11 Å². The van der Waals surface area contributed by atoms with E-state index in [4.69, 9.17) is 0 Å². The average Bonchev–Trinajstić information content (AvgIpc) is 2.38. The maximum absolute atomic E-state index is 9.45. The Kier molecular flexibility index (Phi) is 4.37. The van der Waals surface area contributed by atoms with Crippen LogP contribution >= 0.6 is 0 Å². The number of hydrogen-bond donors (Lipinski definition) is 2. The van der Waals surface area contributed by atoms with Crippen molar-refractivity contribution >= 4 is 0 Å². The zero-order chi connectivity index (χ0) is 11.2. The molecule has 1 fully saturated rings. The third-order valence-corrected chi connectivity index (χ3v) is 3.43. The van der Waals surface area contributed by atoms with Gasteiger partial charge >= 0.3 is 0 Å². The Morgan fingerprint density at radius 2 is 1.81 bits per heavy atom. The Morgan fingerprint density at radius 1 is 1.12 bits per heavy atom. The highest BCUT2D eigenvalue weighted by atomic mass is 16.3. The Morgan fingerprint density at radius 3 is 2.44 bits per heavy atom. The molecule has 2 rings (SSSR count). The summed E-state index contributed by atoms with van der Waals surface area (Å²) in [6, 6.07) is 10.9. The lowest BCUT2D eigenvalue weighted by atomic mass is 9.94. The molecule has 1 aliphatic carbocycles. The van der Waals surface area contributed by atoms with E-state index in [2.05, 4.69) is 17.4 Å². The lowest BCUT2D eigenvalue weighted by molar-refractivity contribution is 0.220. The van der Waals surface area contributed by atoms with E-state index in [0.29, 0.717) is 6.04 Å². The van der Waals surface area contributed by atoms with Crippen molar-refractivity contribution in [1.29, 1.82) is 0 Å². The molecule has 0 aromatic heterocycles. The van der Waals surface area contributed by atoms with Crippen LogP contribution in [0.15, 0.2) is 30.3 Å². The summed E-state index contributed by atoms with van der Waals surface area (Å²) >= 11 is 0. The van der Waals surface area contributed by atoms with E-state index in [0.717, 1.165) is 0 Å². The summed E-state index contributed by atoms with van der Waals surface area (Å²) in [6.45, 7) is 0.181. The molecule has 2 nitrogen and oxygen atoms in total. The smallest absolute Gasteiger partial charge is 0.0626 e. The third kappa shape index (κ3) is 3.06. The van der Waals surface area contributed by atoms with Crippen LogP contribution in [0.3, 0.4) is 0 Å². The van der Waals surface area contributed by atoms with Gasteiger partial charge in [0.15, 0.2) is 0 Å². The minimum Gasteiger partial charge on any atom is -0.394 e. The summed E-state index contributed by atoms with van der Waals surface area (Å²) in [5.74, 6) is 0. The molecule has 0 bridgehead atoms. The van der Waals surface area contributed by atoms with Crippen LogP contribution < -0.4 is 5.32 Å². The molecule has 2 heteroatoms. The molecule has 1 unspecified atom stereocenters. The van der Waals surface area contributed by atoms with E-state index >= 15 is 0 Å². The lowest BCUT2D eigenvalue weighted by Crippen LogP contribution is -2.36. The van der Waals surface area contributed by atoms with Crippen molar-refractivity contribution in [1.82, 2.24) is 5.32 Å². The maximum Gasteiger partial charge on any atom is 0.0626 e. The first-order valence-corrected chi connectivity index (χ1v) is 6.32. The predicted molar refractivity (Wildman–Crippen MR) is 66.3 cm³/mol. The van der Waals surface area contributed by atoms with Crippen molar-refractivity contribution in [3.05, 3.63) is 35.9 Å². The van der Waals surface area contributed by atoms with Crippen LogP contribution in [0.1, 0.15) is 43.7 Å². The average molecular weight is 219 g/mol. The van der Waals surface area contributed by atoms with Gasteiger partial charge in [0, 0.05) is 6.04 Å². The van der Waals surface area contributed by atoms with Crippen LogP contribution in [0.4, 0.5) is 0 Å². The van der Waals surface area contributed by atoms with Crippen molar-refractivity contribution in [3.8, 4) is 0 Å². The zero-order valence-corrected chi connectivity index (χ0v) is 9.73. The molecule has 2 N–H and O–H groups in total. The highest BCUT2D eigenvalue weighted by Crippen LogP contribution is 2.21. The Labute approximate surface area is 97.7 Å². The minimum atomic E-state index is 0.101. The number of nitrogens with one attached hydrogen (secondary N) is 1. The fourth-order valence-electron chi connectivity index (χ4n) is 2.49. The predicted octanol–water partition coefficient (Wildman–Crippen LogP) is 2.64. The molecular formula is C14H21NO. The number of rotatable bonds is 4. The van der Waals surface area contributed by atoms with Crippen LogP contribution in [-0.2, 0) is 0 Å². The molecule has 1 aliphatic rings. The van der Waals surface area contributed by atoms with Gasteiger partial charge in [-0.1, -0.05) is 49.6 Å². The van der Waals surface area contributed by atoms with E-state index in [-0.39, 0.29) is 12.6 Å². The molecule has 0 heterocycles. The van der Waals surface area contributed by atoms with Gasteiger partial charge in [-0.05, 0) is 18.4 Å². The summed E-state index contributed by atoms with van der Waals surface area (Å²) in [5.41, 5.74) is 1.19. The fourth-order valence-corrected chi connectivity index (χ4v) is 2.49. The normalized spacial score (nSPS) is 19.6. The lowest BCUT2D eigenvalue weighted by Gasteiger charge is -2.27. The molecular weight excluding hydrogens is 198 g/mol. The molecule has 0 aliphatic heterocycles. The van der Waals surface area contributed by atoms with Gasteiger partial charge in [-0.25, -0.2) is 0 Å². The molecule has 0 radical (unpaired) electrons. The van der Waals surface area contributed by atoms with Gasteiger partial charge in [0.05, 0.1) is 12.6 Å². The van der Waals surface area contributed by atoms with Crippen molar-refractivity contribution in [3.63, 3.8) is 0 Å². The van der Waals surface area contributed by atoms with Crippen LogP contribution in [0.2, 0.25) is 0 Å². The number of aliphatic hydroxyl groups excluding tert-OH is 1. The summed E-state index contributed by atoms with van der Waals surface area (Å²) in [5, 5.41) is 13.0. The van der Waals surface area contributed by atoms with Crippen LogP contribution in [0.5, 0.6) is 0 Å². The number of aliphatic hydroxyl groups is 1. The van der Waals surface area contributed by atoms with Crippen molar-refractivity contribution in [2.24, 2.45) is 0 Å². The van der Waals surface area contributed by atoms with E-state index in [1.165, 1.54) is 37.7 Å². The van der Waals surface area contributed by atoms with Gasteiger partial charge in [-0.15, -0.1) is 0 Å². The molecule has 0 saturated heterocycles. The number of benzene rings is 1. The van der Waals surface area contributed by atoms with E-state index < -0.39 is 0 Å². The standard InChI is InChI=1S/C14H21NO/c16-11-14(12-7-3-1-4-8-12)15-13-9-5-2-6-10-13/h1,3-4,7-8,13-16H,2,5-6,9-11H2. The first kappa shape index (κ1) is 11.6. The topological polar surface area (TPSA) is 32.3 Å². The molecule has 1 aromatic carbocycles. The second-order valence-electron chi connectivity index (χ2n) is 4.65. The van der Waals surface area contributed by atoms with Crippen molar-refractivity contribution < 1.29 is 5.11 Å². The highest BCUT2D eigenvalue weighted by Gasteiger charge is 2.18. The van der Waals surface area contributed by atoms with Gasteiger partial charge in [0.1, 0.15) is 0 Å². The second kappa shape index (κ2) is 6.02. The minimum absolute atomic E-state index is 0.101. The third-order valence-electron chi connectivity index (χ3n) is 3.43. The fraction of sp³-hybridized carbons (Fsp3) is 0.571. The van der Waals surface area contributed by atoms with Crippen LogP contribution in [0, 0.1) is 0 Å². The Bertz CT molecular complexity index is 293. The van der Waals surface area contributed by atoms with Crippen molar-refractivity contribution in [2.45, 2.75) is 44.2 Å². The van der Waals surface area contributed by atoms with Gasteiger partial charge in [-0.2, -0.15) is 0 Å². The second-order valence-corrected chi connectivity index (χ2v) is 4.65. The summed E-state index contributed by atoms with van der Waals surface area (Å²) in [7, 11) is 0. The molecule has 0 spiro atoms. The molecule has 16 heavy (non-hydrogen) atoms. The highest BCUT2D eigenvalue weighted by molar-refractivity contribution is 5.19. The molecule has 88 valence electrons. The Balaban J connectivity index is 1.94. The molecule has 1 aromatic rings. The maximum atomic E-state index is 9.45. The van der Waals surface area contributed by atoms with E-state index in [1.54, 1.807) is 0 Å². The van der Waals surface area contributed by atoms with Crippen molar-refractivity contribution in [2.75, 3.05) is 6.61 Å². The quantitative estimate of drug-likeness (QED) is 0.816. The SMILES string of the molecule is OCC(NC1CCCCC1)c1ccccc1. The monoisotopic (exact) mass is 219 g/mol. The summed E-state index contributed by atoms with van der Waals surface area (Å²) in [6.07, 6.45) is 6.52. The van der Waals surface area contributed by atoms with Crippen LogP contribution in [-0.4, -0.2) is 17.8 Å². The zero-order valence-electron chi connectivity index (χ0n) is 9.73. The summed E-state index contributed by atoms with van der Waals surface area (Å²) in [4.78, 5) is 0. The van der Waals surface area contributed by atoms with Gasteiger partial charge in [0.2, 0.25) is 0 Å². The molecule has 1 saturated carbocycles. The summed E-state index contributed by atoms with van der Waals surface area (Å²) < 4.78 is 0. The van der Waals surface area contributed by atoms with Gasteiger partial charge < -0.3 is 10.4 Å². The molecule has 0 amide bonds. The first-order chi connectivity index (χ1) is 7.90. The van der Waals surface area contributed by atoms with E-state index in [1.807, 2.05) is 18.2 Å². The van der Waals surface area contributed by atoms with Gasteiger partial charge in [0.25, 0.3) is 0 Å². The van der Waals surface area contributed by atoms with Crippen LogP contribution in [0.25, 0.3) is 0 Å². The number of hydrogen-bond acceptors (Lipinski definition) is 2. The largest absolute Gasteiger partial charge is 0.394 e. The Hall–Kier alpha value is -0.860. The molecule has 1 atom stereocenters.